The maximum atomic E-state index is 12.1. The molecule has 2 aromatic rings. The molecule has 1 heterocycles. The first-order chi connectivity index (χ1) is 21.2. The highest BCUT2D eigenvalue weighted by Crippen LogP contribution is 2.29. The molecule has 1 atom stereocenters. The van der Waals surface area contributed by atoms with Crippen molar-refractivity contribution in [3.8, 4) is 23.0 Å². The van der Waals surface area contributed by atoms with Gasteiger partial charge in [0.25, 0.3) is 0 Å². The molecule has 0 amide bonds. The summed E-state index contributed by atoms with van der Waals surface area (Å²) < 4.78 is 30.2. The Balaban J connectivity index is 1.44. The zero-order valence-electron chi connectivity index (χ0n) is 26.3. The maximum absolute atomic E-state index is 12.1. The number of carboxylic acid groups (broad SMARTS) is 1. The van der Waals surface area contributed by atoms with Crippen molar-refractivity contribution in [2.75, 3.05) is 26.4 Å². The van der Waals surface area contributed by atoms with Crippen LogP contribution in [0.25, 0.3) is 0 Å². The molecule has 43 heavy (non-hydrogen) atoms. The summed E-state index contributed by atoms with van der Waals surface area (Å²) in [5.41, 5.74) is 0. The molecule has 0 fully saturated rings. The zero-order chi connectivity index (χ0) is 30.4. The number of aliphatic carboxylic acids is 1. The average Bonchev–Trinajstić information content (AvgIpc) is 3.02. The van der Waals surface area contributed by atoms with Gasteiger partial charge < -0.3 is 28.8 Å². The second-order valence-corrected chi connectivity index (χ2v) is 11.5. The molecule has 1 N–H and O–H groups in total. The van der Waals surface area contributed by atoms with Crippen LogP contribution in [0.4, 0.5) is 0 Å². The van der Waals surface area contributed by atoms with Gasteiger partial charge in [-0.25, -0.2) is 4.79 Å². The van der Waals surface area contributed by atoms with Crippen LogP contribution in [0.1, 0.15) is 110 Å². The monoisotopic (exact) mass is 598 g/mol. The van der Waals surface area contributed by atoms with E-state index in [0.717, 1.165) is 19.3 Å². The molecule has 7 nitrogen and oxygen atoms in total. The number of benzene rings is 2. The Bertz CT molecular complexity index is 957. The Kier molecular flexibility index (Phi) is 17.4. The number of hydrogen-bond donors (Lipinski definition) is 1. The third kappa shape index (κ3) is 14.4. The SMILES string of the molecule is CCCCCCCCCCCCCCCCC(OC1COc2ccccc2OCCCOc2ccccc2OC1)C(=O)O. The lowest BCUT2D eigenvalue weighted by Crippen LogP contribution is -2.36. The Morgan fingerprint density at radius 1 is 0.674 bits per heavy atom. The van der Waals surface area contributed by atoms with Gasteiger partial charge in [-0.05, 0) is 30.7 Å². The van der Waals surface area contributed by atoms with E-state index in [4.69, 9.17) is 23.7 Å². The zero-order valence-corrected chi connectivity index (χ0v) is 26.3. The van der Waals surface area contributed by atoms with Gasteiger partial charge in [-0.3, -0.25) is 0 Å². The van der Waals surface area contributed by atoms with Gasteiger partial charge in [-0.2, -0.15) is 0 Å². The number of unbranched alkanes of at least 4 members (excludes halogenated alkanes) is 13. The molecule has 0 aromatic heterocycles. The lowest BCUT2D eigenvalue weighted by Gasteiger charge is -2.24. The van der Waals surface area contributed by atoms with Gasteiger partial charge in [0.05, 0.1) is 13.2 Å². The van der Waals surface area contributed by atoms with E-state index in [-0.39, 0.29) is 13.2 Å². The molecule has 0 saturated heterocycles. The van der Waals surface area contributed by atoms with E-state index >= 15 is 0 Å². The second kappa shape index (κ2) is 21.7. The molecule has 1 aliphatic heterocycles. The van der Waals surface area contributed by atoms with E-state index < -0.39 is 18.2 Å². The van der Waals surface area contributed by atoms with Gasteiger partial charge in [0.15, 0.2) is 29.1 Å². The maximum Gasteiger partial charge on any atom is 0.332 e. The van der Waals surface area contributed by atoms with E-state index in [2.05, 4.69) is 6.92 Å². The minimum Gasteiger partial charge on any atom is -0.490 e. The van der Waals surface area contributed by atoms with E-state index in [1.54, 1.807) is 0 Å². The summed E-state index contributed by atoms with van der Waals surface area (Å²) in [5.74, 6) is 1.50. The van der Waals surface area contributed by atoms with Crippen molar-refractivity contribution in [3.63, 3.8) is 0 Å². The van der Waals surface area contributed by atoms with Crippen molar-refractivity contribution in [1.82, 2.24) is 0 Å². The van der Waals surface area contributed by atoms with Crippen LogP contribution in [0, 0.1) is 0 Å². The molecule has 240 valence electrons. The summed E-state index contributed by atoms with van der Waals surface area (Å²) in [4.78, 5) is 12.1. The Labute approximate surface area is 259 Å². The topological polar surface area (TPSA) is 83.5 Å². The normalized spacial score (nSPS) is 15.0. The third-order valence-corrected chi connectivity index (χ3v) is 7.80. The van der Waals surface area contributed by atoms with Crippen molar-refractivity contribution in [1.29, 1.82) is 0 Å². The van der Waals surface area contributed by atoms with E-state index in [9.17, 15) is 9.90 Å². The minimum atomic E-state index is -0.957. The van der Waals surface area contributed by atoms with Crippen LogP contribution in [0.5, 0.6) is 23.0 Å². The lowest BCUT2D eigenvalue weighted by atomic mass is 10.0. The molecule has 0 radical (unpaired) electrons. The fraction of sp³-hybridized carbons (Fsp3) is 0.639. The third-order valence-electron chi connectivity index (χ3n) is 7.80. The number of rotatable bonds is 18. The van der Waals surface area contributed by atoms with Crippen molar-refractivity contribution < 1.29 is 33.6 Å². The molecule has 1 unspecified atom stereocenters. The highest BCUT2D eigenvalue weighted by Gasteiger charge is 2.25. The van der Waals surface area contributed by atoms with Crippen LogP contribution in [0.2, 0.25) is 0 Å². The fourth-order valence-corrected chi connectivity index (χ4v) is 5.30. The molecule has 0 saturated carbocycles. The first kappa shape index (κ1) is 34.6. The van der Waals surface area contributed by atoms with Gasteiger partial charge in [-0.1, -0.05) is 121 Å². The lowest BCUT2D eigenvalue weighted by molar-refractivity contribution is -0.157. The van der Waals surface area contributed by atoms with Crippen LogP contribution in [-0.2, 0) is 9.53 Å². The number of carbonyl (C=O) groups is 1. The first-order valence-corrected chi connectivity index (χ1v) is 16.7. The molecule has 0 spiro atoms. The number of ether oxygens (including phenoxy) is 5. The standard InChI is InChI=1S/C36H54O7/c1-2-3-4-5-6-7-8-9-10-11-12-13-14-15-25-35(36(37)38)43-30-28-41-33-23-18-16-21-31(33)39-26-20-27-40-32-22-17-19-24-34(32)42-29-30/h16-19,21-24,30,35H,2-15,20,25-29H2,1H3,(H,37,38). The van der Waals surface area contributed by atoms with Crippen LogP contribution in [0.3, 0.4) is 0 Å². The van der Waals surface area contributed by atoms with Crippen molar-refractivity contribution in [2.45, 2.75) is 122 Å². The first-order valence-electron chi connectivity index (χ1n) is 16.7. The van der Waals surface area contributed by atoms with Crippen molar-refractivity contribution >= 4 is 5.97 Å². The van der Waals surface area contributed by atoms with E-state index in [1.807, 2.05) is 48.5 Å². The number of carboxylic acids is 1. The Hall–Kier alpha value is -2.93. The summed E-state index contributed by atoms with van der Waals surface area (Å²) in [6.07, 6.45) is 17.3. The summed E-state index contributed by atoms with van der Waals surface area (Å²) >= 11 is 0. The highest BCUT2D eigenvalue weighted by molar-refractivity contribution is 5.72. The largest absolute Gasteiger partial charge is 0.490 e. The van der Waals surface area contributed by atoms with Gasteiger partial charge in [0, 0.05) is 6.42 Å². The molecule has 7 heteroatoms. The molecule has 0 aliphatic carbocycles. The fourth-order valence-electron chi connectivity index (χ4n) is 5.30. The van der Waals surface area contributed by atoms with Crippen LogP contribution < -0.4 is 18.9 Å². The Morgan fingerprint density at radius 2 is 1.07 bits per heavy atom. The molecule has 2 aromatic carbocycles. The minimum absolute atomic E-state index is 0.131. The second-order valence-electron chi connectivity index (χ2n) is 11.5. The van der Waals surface area contributed by atoms with E-state index in [1.165, 1.54) is 70.6 Å². The number of hydrogen-bond acceptors (Lipinski definition) is 6. The Morgan fingerprint density at radius 3 is 1.49 bits per heavy atom. The number of para-hydroxylation sites is 4. The summed E-state index contributed by atoms with van der Waals surface area (Å²) in [5, 5.41) is 9.95. The van der Waals surface area contributed by atoms with Gasteiger partial charge in [0.1, 0.15) is 19.3 Å². The van der Waals surface area contributed by atoms with Crippen molar-refractivity contribution in [2.24, 2.45) is 0 Å². The van der Waals surface area contributed by atoms with E-state index in [0.29, 0.717) is 49.1 Å². The van der Waals surface area contributed by atoms with Gasteiger partial charge >= 0.3 is 5.97 Å². The van der Waals surface area contributed by atoms with Crippen molar-refractivity contribution in [3.05, 3.63) is 48.5 Å². The predicted octanol–water partition coefficient (Wildman–Crippen LogP) is 9.02. The summed E-state index contributed by atoms with van der Waals surface area (Å²) in [7, 11) is 0. The molecule has 0 bridgehead atoms. The van der Waals surface area contributed by atoms with Crippen LogP contribution in [0.15, 0.2) is 48.5 Å². The molecular weight excluding hydrogens is 544 g/mol. The van der Waals surface area contributed by atoms with Gasteiger partial charge in [0.2, 0.25) is 0 Å². The summed E-state index contributed by atoms with van der Waals surface area (Å²) in [6.45, 7) is 3.48. The van der Waals surface area contributed by atoms with Crippen LogP contribution in [-0.4, -0.2) is 49.7 Å². The highest BCUT2D eigenvalue weighted by atomic mass is 16.6. The smallest absolute Gasteiger partial charge is 0.332 e. The molecule has 3 rings (SSSR count). The summed E-state index contributed by atoms with van der Waals surface area (Å²) in [6, 6.07) is 15.0. The number of fused-ring (bicyclic) bond motifs is 2. The molecular formula is C36H54O7. The quantitative estimate of drug-likeness (QED) is 0.171. The average molecular weight is 599 g/mol. The van der Waals surface area contributed by atoms with Gasteiger partial charge in [-0.15, -0.1) is 0 Å². The predicted molar refractivity (Wildman–Crippen MR) is 171 cm³/mol. The molecule has 1 aliphatic rings. The van der Waals surface area contributed by atoms with Crippen LogP contribution >= 0.6 is 0 Å².